The second-order valence-electron chi connectivity index (χ2n) is 4.18. The first kappa shape index (κ1) is 14.3. The SMILES string of the molecule is COc1ccc(-n2cnc(C(=N)C#N)c2NC(C)=O)cc1. The van der Waals surface area contributed by atoms with Crippen LogP contribution in [0.4, 0.5) is 5.82 Å². The molecule has 7 nitrogen and oxygen atoms in total. The quantitative estimate of drug-likeness (QED) is 0.834. The van der Waals surface area contributed by atoms with Crippen molar-refractivity contribution in [1.82, 2.24) is 9.55 Å². The van der Waals surface area contributed by atoms with Gasteiger partial charge in [0, 0.05) is 12.6 Å². The maximum Gasteiger partial charge on any atom is 0.222 e. The fraction of sp³-hybridized carbons (Fsp3) is 0.143. The molecule has 7 heteroatoms. The zero-order valence-corrected chi connectivity index (χ0v) is 11.5. The molecule has 0 aliphatic heterocycles. The summed E-state index contributed by atoms with van der Waals surface area (Å²) >= 11 is 0. The van der Waals surface area contributed by atoms with E-state index in [-0.39, 0.29) is 17.3 Å². The van der Waals surface area contributed by atoms with E-state index in [1.54, 1.807) is 42.0 Å². The maximum atomic E-state index is 11.3. The van der Waals surface area contributed by atoms with Gasteiger partial charge in [0.25, 0.3) is 0 Å². The minimum atomic E-state index is -0.314. The highest BCUT2D eigenvalue weighted by molar-refractivity contribution is 6.12. The molecule has 0 atom stereocenters. The Hall–Kier alpha value is -3.14. The summed E-state index contributed by atoms with van der Waals surface area (Å²) in [5, 5.41) is 19.0. The van der Waals surface area contributed by atoms with Crippen molar-refractivity contribution in [2.45, 2.75) is 6.92 Å². The standard InChI is InChI=1S/C14H13N5O2/c1-9(20)18-14-13(12(16)7-15)17-8-19(14)10-3-5-11(21-2)6-4-10/h3-6,8,16H,1-2H3,(H,18,20). The molecule has 0 bridgehead atoms. The summed E-state index contributed by atoms with van der Waals surface area (Å²) in [6.07, 6.45) is 1.45. The molecule has 0 saturated carbocycles. The number of amides is 1. The number of anilines is 1. The Labute approximate surface area is 121 Å². The number of hydrogen-bond donors (Lipinski definition) is 2. The van der Waals surface area contributed by atoms with E-state index in [2.05, 4.69) is 10.3 Å². The number of aromatic nitrogens is 2. The van der Waals surface area contributed by atoms with Gasteiger partial charge in [-0.2, -0.15) is 5.26 Å². The van der Waals surface area contributed by atoms with Crippen LogP contribution in [-0.4, -0.2) is 28.3 Å². The molecule has 2 rings (SSSR count). The lowest BCUT2D eigenvalue weighted by molar-refractivity contribution is -0.114. The fourth-order valence-electron chi connectivity index (χ4n) is 1.81. The highest BCUT2D eigenvalue weighted by Gasteiger charge is 2.17. The molecule has 106 valence electrons. The van der Waals surface area contributed by atoms with Crippen LogP contribution in [0.1, 0.15) is 12.6 Å². The number of benzene rings is 1. The molecule has 0 aliphatic carbocycles. The summed E-state index contributed by atoms with van der Waals surface area (Å²) in [7, 11) is 1.57. The van der Waals surface area contributed by atoms with Crippen molar-refractivity contribution >= 4 is 17.4 Å². The molecule has 1 heterocycles. The first-order chi connectivity index (χ1) is 10.1. The van der Waals surface area contributed by atoms with E-state index in [1.807, 2.05) is 0 Å². The number of hydrogen-bond acceptors (Lipinski definition) is 5. The highest BCUT2D eigenvalue weighted by Crippen LogP contribution is 2.22. The third-order valence-corrected chi connectivity index (χ3v) is 2.76. The number of nitrogens with zero attached hydrogens (tertiary/aromatic N) is 3. The van der Waals surface area contributed by atoms with Crippen molar-refractivity contribution in [3.8, 4) is 17.5 Å². The first-order valence-corrected chi connectivity index (χ1v) is 6.05. The van der Waals surface area contributed by atoms with Crippen LogP contribution in [-0.2, 0) is 4.79 Å². The summed E-state index contributed by atoms with van der Waals surface area (Å²) in [4.78, 5) is 15.4. The van der Waals surface area contributed by atoms with Crippen LogP contribution in [0.5, 0.6) is 5.75 Å². The van der Waals surface area contributed by atoms with Gasteiger partial charge in [-0.25, -0.2) is 4.98 Å². The minimum Gasteiger partial charge on any atom is -0.497 e. The Morgan fingerprint density at radius 3 is 2.62 bits per heavy atom. The molecule has 0 fully saturated rings. The van der Waals surface area contributed by atoms with Gasteiger partial charge in [0.05, 0.1) is 7.11 Å². The Morgan fingerprint density at radius 2 is 2.10 bits per heavy atom. The van der Waals surface area contributed by atoms with Crippen LogP contribution in [0, 0.1) is 16.7 Å². The van der Waals surface area contributed by atoms with Crippen LogP contribution < -0.4 is 10.1 Å². The second kappa shape index (κ2) is 5.88. The van der Waals surface area contributed by atoms with Gasteiger partial charge in [-0.05, 0) is 24.3 Å². The topological polar surface area (TPSA) is 104 Å². The summed E-state index contributed by atoms with van der Waals surface area (Å²) in [6.45, 7) is 1.35. The molecule has 2 aromatic rings. The zero-order chi connectivity index (χ0) is 15.4. The molecule has 1 aromatic heterocycles. The summed E-state index contributed by atoms with van der Waals surface area (Å²) in [5.74, 6) is 0.682. The molecule has 0 saturated heterocycles. The van der Waals surface area contributed by atoms with E-state index in [0.29, 0.717) is 11.6 Å². The monoisotopic (exact) mass is 283 g/mol. The molecule has 0 unspecified atom stereocenters. The third kappa shape index (κ3) is 2.90. The lowest BCUT2D eigenvalue weighted by Crippen LogP contribution is -2.13. The van der Waals surface area contributed by atoms with Crippen LogP contribution >= 0.6 is 0 Å². The lowest BCUT2D eigenvalue weighted by atomic mass is 10.2. The maximum absolute atomic E-state index is 11.3. The van der Waals surface area contributed by atoms with Gasteiger partial charge in [0.2, 0.25) is 5.91 Å². The van der Waals surface area contributed by atoms with E-state index in [4.69, 9.17) is 15.4 Å². The number of carbonyl (C=O) groups is 1. The Kier molecular flexibility index (Phi) is 4.00. The normalized spacial score (nSPS) is 9.76. The fourth-order valence-corrected chi connectivity index (χ4v) is 1.81. The van der Waals surface area contributed by atoms with Gasteiger partial charge in [0.15, 0.2) is 5.71 Å². The minimum absolute atomic E-state index is 0.128. The molecule has 1 aromatic carbocycles. The lowest BCUT2D eigenvalue weighted by Gasteiger charge is -2.10. The first-order valence-electron chi connectivity index (χ1n) is 6.05. The molecule has 0 aliphatic rings. The van der Waals surface area contributed by atoms with Crippen LogP contribution in [0.3, 0.4) is 0 Å². The summed E-state index contributed by atoms with van der Waals surface area (Å²) in [6, 6.07) is 8.81. The summed E-state index contributed by atoms with van der Waals surface area (Å²) in [5.41, 5.74) is 0.540. The van der Waals surface area contributed by atoms with E-state index in [0.717, 1.165) is 5.69 Å². The molecular weight excluding hydrogens is 270 g/mol. The number of ether oxygens (including phenoxy) is 1. The van der Waals surface area contributed by atoms with Gasteiger partial charge in [-0.3, -0.25) is 14.8 Å². The number of methoxy groups -OCH3 is 1. The van der Waals surface area contributed by atoms with Crippen molar-refractivity contribution in [3.05, 3.63) is 36.3 Å². The second-order valence-corrected chi connectivity index (χ2v) is 4.18. The molecule has 1 amide bonds. The van der Waals surface area contributed by atoms with Gasteiger partial charge >= 0.3 is 0 Å². The highest BCUT2D eigenvalue weighted by atomic mass is 16.5. The van der Waals surface area contributed by atoms with Gasteiger partial charge < -0.3 is 10.1 Å². The molecule has 0 radical (unpaired) electrons. The Bertz CT molecular complexity index is 725. The Balaban J connectivity index is 2.52. The van der Waals surface area contributed by atoms with Crippen molar-refractivity contribution in [2.75, 3.05) is 12.4 Å². The number of carbonyl (C=O) groups excluding carboxylic acids is 1. The average molecular weight is 283 g/mol. The predicted molar refractivity (Wildman–Crippen MR) is 76.9 cm³/mol. The Morgan fingerprint density at radius 1 is 1.43 bits per heavy atom. The average Bonchev–Trinajstić information content (AvgIpc) is 2.89. The summed E-state index contributed by atoms with van der Waals surface area (Å²) < 4.78 is 6.69. The van der Waals surface area contributed by atoms with Crippen LogP contribution in [0.15, 0.2) is 30.6 Å². The number of nitriles is 1. The van der Waals surface area contributed by atoms with Crippen LogP contribution in [0.2, 0.25) is 0 Å². The predicted octanol–water partition coefficient (Wildman–Crippen LogP) is 1.73. The van der Waals surface area contributed by atoms with Crippen LogP contribution in [0.25, 0.3) is 5.69 Å². The molecular formula is C14H13N5O2. The number of nitrogens with one attached hydrogen (secondary N) is 2. The van der Waals surface area contributed by atoms with Crippen molar-refractivity contribution in [2.24, 2.45) is 0 Å². The molecule has 2 N–H and O–H groups in total. The van der Waals surface area contributed by atoms with Gasteiger partial charge in [-0.1, -0.05) is 0 Å². The van der Waals surface area contributed by atoms with Gasteiger partial charge in [-0.15, -0.1) is 0 Å². The van der Waals surface area contributed by atoms with Crippen molar-refractivity contribution in [1.29, 1.82) is 10.7 Å². The largest absolute Gasteiger partial charge is 0.497 e. The zero-order valence-electron chi connectivity index (χ0n) is 11.5. The third-order valence-electron chi connectivity index (χ3n) is 2.76. The smallest absolute Gasteiger partial charge is 0.222 e. The van der Waals surface area contributed by atoms with E-state index in [1.165, 1.54) is 13.3 Å². The van der Waals surface area contributed by atoms with E-state index in [9.17, 15) is 4.79 Å². The van der Waals surface area contributed by atoms with E-state index >= 15 is 0 Å². The van der Waals surface area contributed by atoms with Crippen molar-refractivity contribution in [3.63, 3.8) is 0 Å². The van der Waals surface area contributed by atoms with Gasteiger partial charge in [0.1, 0.15) is 29.7 Å². The van der Waals surface area contributed by atoms with E-state index < -0.39 is 0 Å². The number of imidazole rings is 1. The number of rotatable bonds is 4. The molecule has 0 spiro atoms. The molecule has 21 heavy (non-hydrogen) atoms. The van der Waals surface area contributed by atoms with Crippen molar-refractivity contribution < 1.29 is 9.53 Å².